The number of anilines is 1. The van der Waals surface area contributed by atoms with E-state index in [9.17, 15) is 14.4 Å². The Morgan fingerprint density at radius 2 is 1.92 bits per heavy atom. The van der Waals surface area contributed by atoms with Crippen molar-refractivity contribution in [3.8, 4) is 11.4 Å². The van der Waals surface area contributed by atoms with Crippen LogP contribution in [0.1, 0.15) is 34.6 Å². The summed E-state index contributed by atoms with van der Waals surface area (Å²) in [6.07, 6.45) is -0.195. The number of carbonyl (C=O) groups excluding carboxylic acids is 2. The van der Waals surface area contributed by atoms with E-state index in [-0.39, 0.29) is 28.8 Å². The molecule has 1 aliphatic rings. The second kappa shape index (κ2) is 5.68. The zero-order valence-electron chi connectivity index (χ0n) is 12.9. The van der Waals surface area contributed by atoms with E-state index in [2.05, 4.69) is 5.32 Å². The smallest absolute Gasteiger partial charge is 0.262 e. The van der Waals surface area contributed by atoms with E-state index < -0.39 is 17.4 Å². The van der Waals surface area contributed by atoms with Crippen LogP contribution in [0.2, 0.25) is 5.02 Å². The summed E-state index contributed by atoms with van der Waals surface area (Å²) >= 11 is 6.18. The standard InChI is InChI=1S/C16H14ClN3O4/c1-7(2)24-13-9(17)4-3-5-10(13)20-11(21)6-8-12(14(20)18)16(23)19-15(8)22/h3-7H,18H2,1-2H3,(H,19,22,23). The highest BCUT2D eigenvalue weighted by Crippen LogP contribution is 2.34. The van der Waals surface area contributed by atoms with Gasteiger partial charge < -0.3 is 10.5 Å². The second-order valence-corrected chi connectivity index (χ2v) is 5.94. The number of carbonyl (C=O) groups is 2. The summed E-state index contributed by atoms with van der Waals surface area (Å²) in [6, 6.07) is 5.93. The summed E-state index contributed by atoms with van der Waals surface area (Å²) in [4.78, 5) is 36.1. The van der Waals surface area contributed by atoms with Crippen molar-refractivity contribution in [3.63, 3.8) is 0 Å². The quantitative estimate of drug-likeness (QED) is 0.823. The maximum Gasteiger partial charge on any atom is 0.262 e. The number of benzene rings is 1. The molecule has 0 saturated carbocycles. The van der Waals surface area contributed by atoms with E-state index >= 15 is 0 Å². The summed E-state index contributed by atoms with van der Waals surface area (Å²) in [5.74, 6) is -1.16. The molecule has 0 spiro atoms. The van der Waals surface area contributed by atoms with Gasteiger partial charge in [0.2, 0.25) is 0 Å². The molecule has 0 saturated heterocycles. The first-order valence-corrected chi connectivity index (χ1v) is 7.55. The average Bonchev–Trinajstić information content (AvgIpc) is 2.76. The normalized spacial score (nSPS) is 13.2. The van der Waals surface area contributed by atoms with Crippen molar-refractivity contribution in [3.05, 3.63) is 50.8 Å². The molecule has 8 heteroatoms. The highest BCUT2D eigenvalue weighted by molar-refractivity contribution is 6.32. The summed E-state index contributed by atoms with van der Waals surface area (Å²) in [5, 5.41) is 2.42. The van der Waals surface area contributed by atoms with Gasteiger partial charge in [-0.3, -0.25) is 24.3 Å². The molecular weight excluding hydrogens is 334 g/mol. The number of nitrogens with zero attached hydrogens (tertiary/aromatic N) is 1. The Hall–Kier alpha value is -2.80. The number of halogens is 1. The molecule has 2 aromatic rings. The number of aromatic nitrogens is 1. The number of nitrogens with two attached hydrogens (primary N) is 1. The minimum atomic E-state index is -0.644. The van der Waals surface area contributed by atoms with Crippen LogP contribution in [0, 0.1) is 0 Å². The topological polar surface area (TPSA) is 103 Å². The summed E-state index contributed by atoms with van der Waals surface area (Å²) in [5.41, 5.74) is 5.69. The Morgan fingerprint density at radius 3 is 2.58 bits per heavy atom. The van der Waals surface area contributed by atoms with Crippen LogP contribution in [0.25, 0.3) is 5.69 Å². The lowest BCUT2D eigenvalue weighted by atomic mass is 10.1. The minimum Gasteiger partial charge on any atom is -0.487 e. The molecule has 0 aliphatic carbocycles. The number of hydrogen-bond acceptors (Lipinski definition) is 5. The van der Waals surface area contributed by atoms with E-state index in [1.165, 1.54) is 0 Å². The molecule has 1 aromatic heterocycles. The van der Waals surface area contributed by atoms with Crippen molar-refractivity contribution >= 4 is 29.2 Å². The Bertz CT molecular complexity index is 934. The molecule has 0 atom stereocenters. The van der Waals surface area contributed by atoms with E-state index in [1.54, 1.807) is 18.2 Å². The molecule has 1 aliphatic heterocycles. The fourth-order valence-corrected chi connectivity index (χ4v) is 2.77. The Labute approximate surface area is 142 Å². The van der Waals surface area contributed by atoms with Gasteiger partial charge >= 0.3 is 0 Å². The molecule has 3 rings (SSSR count). The van der Waals surface area contributed by atoms with E-state index in [0.29, 0.717) is 10.7 Å². The molecule has 0 bridgehead atoms. The number of para-hydroxylation sites is 1. The van der Waals surface area contributed by atoms with Crippen LogP contribution in [0.5, 0.6) is 5.75 Å². The fraction of sp³-hybridized carbons (Fsp3) is 0.188. The lowest BCUT2D eigenvalue weighted by Gasteiger charge is -2.18. The van der Waals surface area contributed by atoms with E-state index in [0.717, 1.165) is 10.6 Å². The highest BCUT2D eigenvalue weighted by Gasteiger charge is 2.32. The number of ether oxygens (including phenoxy) is 1. The van der Waals surface area contributed by atoms with Crippen molar-refractivity contribution in [2.45, 2.75) is 20.0 Å². The predicted octanol–water partition coefficient (Wildman–Crippen LogP) is 1.74. The highest BCUT2D eigenvalue weighted by atomic mass is 35.5. The predicted molar refractivity (Wildman–Crippen MR) is 89.0 cm³/mol. The summed E-state index contributed by atoms with van der Waals surface area (Å²) in [7, 11) is 0. The molecule has 2 amide bonds. The first-order chi connectivity index (χ1) is 11.3. The van der Waals surface area contributed by atoms with Crippen molar-refractivity contribution in [1.82, 2.24) is 9.88 Å². The summed E-state index contributed by atoms with van der Waals surface area (Å²) in [6.45, 7) is 3.63. The van der Waals surface area contributed by atoms with Gasteiger partial charge in [0.25, 0.3) is 17.4 Å². The van der Waals surface area contributed by atoms with Gasteiger partial charge in [-0.1, -0.05) is 17.7 Å². The molecule has 24 heavy (non-hydrogen) atoms. The lowest BCUT2D eigenvalue weighted by Crippen LogP contribution is -2.25. The van der Waals surface area contributed by atoms with Crippen molar-refractivity contribution < 1.29 is 14.3 Å². The first kappa shape index (κ1) is 16.1. The van der Waals surface area contributed by atoms with Crippen LogP contribution in [0.3, 0.4) is 0 Å². The average molecular weight is 348 g/mol. The third kappa shape index (κ3) is 2.43. The number of fused-ring (bicyclic) bond motifs is 1. The van der Waals surface area contributed by atoms with Crippen molar-refractivity contribution in [1.29, 1.82) is 0 Å². The third-order valence-corrected chi connectivity index (χ3v) is 3.79. The Balaban J connectivity index is 2.32. The van der Waals surface area contributed by atoms with Crippen LogP contribution < -0.4 is 21.3 Å². The number of nitrogen functional groups attached to an aromatic ring is 1. The number of hydrogen-bond donors (Lipinski definition) is 2. The van der Waals surface area contributed by atoms with E-state index in [4.69, 9.17) is 22.1 Å². The fourth-order valence-electron chi connectivity index (χ4n) is 2.55. The molecule has 3 N–H and O–H groups in total. The van der Waals surface area contributed by atoms with Crippen LogP contribution in [-0.4, -0.2) is 22.5 Å². The lowest BCUT2D eigenvalue weighted by molar-refractivity contribution is 0.0880. The molecule has 7 nitrogen and oxygen atoms in total. The molecule has 0 fully saturated rings. The Morgan fingerprint density at radius 1 is 1.21 bits per heavy atom. The van der Waals surface area contributed by atoms with Gasteiger partial charge in [0.1, 0.15) is 5.82 Å². The van der Waals surface area contributed by atoms with Gasteiger partial charge in [0.15, 0.2) is 5.75 Å². The van der Waals surface area contributed by atoms with Gasteiger partial charge in [0.05, 0.1) is 27.9 Å². The number of pyridine rings is 1. The number of nitrogens with one attached hydrogen (secondary N) is 1. The van der Waals surface area contributed by atoms with Gasteiger partial charge in [-0.2, -0.15) is 0 Å². The van der Waals surface area contributed by atoms with Gasteiger partial charge in [0, 0.05) is 6.07 Å². The van der Waals surface area contributed by atoms with Crippen LogP contribution in [0.4, 0.5) is 5.82 Å². The van der Waals surface area contributed by atoms with Crippen molar-refractivity contribution in [2.75, 3.05) is 5.73 Å². The van der Waals surface area contributed by atoms with Gasteiger partial charge in [-0.05, 0) is 26.0 Å². The number of imide groups is 1. The van der Waals surface area contributed by atoms with Crippen molar-refractivity contribution in [2.24, 2.45) is 0 Å². The van der Waals surface area contributed by atoms with Gasteiger partial charge in [-0.15, -0.1) is 0 Å². The number of rotatable bonds is 3. The van der Waals surface area contributed by atoms with Gasteiger partial charge in [-0.25, -0.2) is 0 Å². The molecule has 0 radical (unpaired) electrons. The largest absolute Gasteiger partial charge is 0.487 e. The summed E-state index contributed by atoms with van der Waals surface area (Å²) < 4.78 is 6.80. The molecule has 1 aromatic carbocycles. The SMILES string of the molecule is CC(C)Oc1c(Cl)cccc1-n1c(N)c2c(cc1=O)C(=O)NC2=O. The van der Waals surface area contributed by atoms with E-state index in [1.807, 2.05) is 13.8 Å². The minimum absolute atomic E-state index is 0.0323. The first-order valence-electron chi connectivity index (χ1n) is 7.18. The van der Waals surface area contributed by atoms with Crippen LogP contribution in [-0.2, 0) is 0 Å². The molecule has 0 unspecified atom stereocenters. The maximum atomic E-state index is 12.5. The monoisotopic (exact) mass is 347 g/mol. The van der Waals surface area contributed by atoms with Crippen LogP contribution >= 0.6 is 11.6 Å². The maximum absolute atomic E-state index is 12.5. The third-order valence-electron chi connectivity index (χ3n) is 3.49. The Kier molecular flexibility index (Phi) is 3.81. The number of amides is 2. The second-order valence-electron chi connectivity index (χ2n) is 5.53. The molecule has 2 heterocycles. The molecule has 124 valence electrons. The van der Waals surface area contributed by atoms with Crippen LogP contribution in [0.15, 0.2) is 29.1 Å². The zero-order chi connectivity index (χ0) is 17.6. The molecular formula is C16H14ClN3O4. The zero-order valence-corrected chi connectivity index (χ0v) is 13.7.